The highest BCUT2D eigenvalue weighted by molar-refractivity contribution is 5.22. The van der Waals surface area contributed by atoms with Crippen molar-refractivity contribution in [2.45, 2.75) is 19.1 Å². The molecule has 0 aliphatic carbocycles. The van der Waals surface area contributed by atoms with E-state index in [1.54, 1.807) is 25.3 Å². The molecule has 0 bridgehead atoms. The van der Waals surface area contributed by atoms with Gasteiger partial charge in [0.1, 0.15) is 11.6 Å². The molecule has 1 unspecified atom stereocenters. The average molecular weight is 249 g/mol. The highest BCUT2D eigenvalue weighted by Gasteiger charge is 2.22. The van der Waals surface area contributed by atoms with E-state index in [4.69, 9.17) is 4.42 Å². The molecule has 0 radical (unpaired) electrons. The summed E-state index contributed by atoms with van der Waals surface area (Å²) in [5.74, 6) is 0.503. The lowest BCUT2D eigenvalue weighted by molar-refractivity contribution is 0.0561. The topological polar surface area (TPSA) is 45.4 Å². The number of halogens is 1. The highest BCUT2D eigenvalue weighted by Crippen LogP contribution is 2.20. The van der Waals surface area contributed by atoms with Gasteiger partial charge in [-0.1, -0.05) is 12.1 Å². The third kappa shape index (κ3) is 3.18. The van der Waals surface area contributed by atoms with Crippen molar-refractivity contribution < 1.29 is 13.9 Å². The molecule has 0 spiro atoms. The molecule has 3 nitrogen and oxygen atoms in total. The predicted molar refractivity (Wildman–Crippen MR) is 66.4 cm³/mol. The first-order valence-electron chi connectivity index (χ1n) is 5.79. The molecule has 0 amide bonds. The molecule has 1 heterocycles. The van der Waals surface area contributed by atoms with Crippen LogP contribution in [-0.4, -0.2) is 11.7 Å². The van der Waals surface area contributed by atoms with Crippen LogP contribution in [0, 0.1) is 5.82 Å². The number of hydrogen-bond acceptors (Lipinski definition) is 3. The molecular formula is C14H16FNO2. The summed E-state index contributed by atoms with van der Waals surface area (Å²) >= 11 is 0. The Morgan fingerprint density at radius 3 is 2.61 bits per heavy atom. The maximum atomic E-state index is 12.8. The van der Waals surface area contributed by atoms with E-state index in [-0.39, 0.29) is 5.82 Å². The van der Waals surface area contributed by atoms with Crippen LogP contribution >= 0.6 is 0 Å². The van der Waals surface area contributed by atoms with Crippen LogP contribution in [-0.2, 0) is 12.1 Å². The van der Waals surface area contributed by atoms with Crippen molar-refractivity contribution in [2.24, 2.45) is 0 Å². The van der Waals surface area contributed by atoms with Crippen LogP contribution in [0.5, 0.6) is 0 Å². The van der Waals surface area contributed by atoms with Crippen LogP contribution < -0.4 is 5.32 Å². The van der Waals surface area contributed by atoms with Gasteiger partial charge < -0.3 is 14.8 Å². The summed E-state index contributed by atoms with van der Waals surface area (Å²) < 4.78 is 18.0. The predicted octanol–water partition coefficient (Wildman–Crippen LogP) is 2.42. The van der Waals surface area contributed by atoms with Crippen LogP contribution in [0.2, 0.25) is 0 Å². The molecule has 4 heteroatoms. The van der Waals surface area contributed by atoms with Gasteiger partial charge in [-0.05, 0) is 36.8 Å². The zero-order valence-corrected chi connectivity index (χ0v) is 10.2. The van der Waals surface area contributed by atoms with Gasteiger partial charge in [0.2, 0.25) is 0 Å². The molecular weight excluding hydrogens is 233 g/mol. The Morgan fingerprint density at radius 1 is 1.28 bits per heavy atom. The summed E-state index contributed by atoms with van der Waals surface area (Å²) in [6, 6.07) is 9.54. The van der Waals surface area contributed by atoms with Crippen LogP contribution in [0.25, 0.3) is 0 Å². The maximum Gasteiger partial charge on any atom is 0.123 e. The van der Waals surface area contributed by atoms with Gasteiger partial charge in [0, 0.05) is 6.54 Å². The van der Waals surface area contributed by atoms with E-state index in [0.717, 1.165) is 5.76 Å². The lowest BCUT2D eigenvalue weighted by atomic mass is 9.96. The molecule has 1 aromatic carbocycles. The van der Waals surface area contributed by atoms with Crippen LogP contribution in [0.1, 0.15) is 18.2 Å². The van der Waals surface area contributed by atoms with Crippen LogP contribution in [0.4, 0.5) is 4.39 Å². The summed E-state index contributed by atoms with van der Waals surface area (Å²) in [4.78, 5) is 0. The third-order valence-corrected chi connectivity index (χ3v) is 2.81. The lowest BCUT2D eigenvalue weighted by Gasteiger charge is -2.24. The minimum Gasteiger partial charge on any atom is -0.468 e. The minimum absolute atomic E-state index is 0.307. The smallest absolute Gasteiger partial charge is 0.123 e. The van der Waals surface area contributed by atoms with Crippen molar-refractivity contribution in [3.8, 4) is 0 Å². The second-order valence-electron chi connectivity index (χ2n) is 4.46. The van der Waals surface area contributed by atoms with E-state index >= 15 is 0 Å². The number of furan rings is 1. The van der Waals surface area contributed by atoms with Gasteiger partial charge in [-0.15, -0.1) is 0 Å². The fourth-order valence-electron chi connectivity index (χ4n) is 1.75. The molecule has 0 saturated heterocycles. The van der Waals surface area contributed by atoms with Gasteiger partial charge in [-0.2, -0.15) is 0 Å². The van der Waals surface area contributed by atoms with Crippen molar-refractivity contribution in [1.29, 1.82) is 0 Å². The third-order valence-electron chi connectivity index (χ3n) is 2.81. The number of nitrogens with one attached hydrogen (secondary N) is 1. The largest absolute Gasteiger partial charge is 0.468 e. The summed E-state index contributed by atoms with van der Waals surface area (Å²) in [7, 11) is 0. The van der Waals surface area contributed by atoms with Crippen molar-refractivity contribution in [2.75, 3.05) is 6.54 Å². The second-order valence-corrected chi connectivity index (χ2v) is 4.46. The SMILES string of the molecule is CC(O)(CNCc1ccco1)c1ccc(F)cc1. The van der Waals surface area contributed by atoms with E-state index in [1.807, 2.05) is 12.1 Å². The first-order valence-corrected chi connectivity index (χ1v) is 5.79. The lowest BCUT2D eigenvalue weighted by Crippen LogP contribution is -2.35. The molecule has 2 N–H and O–H groups in total. The van der Waals surface area contributed by atoms with Gasteiger partial charge in [-0.3, -0.25) is 0 Å². The van der Waals surface area contributed by atoms with Gasteiger partial charge in [0.25, 0.3) is 0 Å². The van der Waals surface area contributed by atoms with Gasteiger partial charge in [0.15, 0.2) is 0 Å². The van der Waals surface area contributed by atoms with E-state index in [9.17, 15) is 9.50 Å². The summed E-state index contributed by atoms with van der Waals surface area (Å²) in [5, 5.41) is 13.4. The average Bonchev–Trinajstić information content (AvgIpc) is 2.82. The molecule has 0 fully saturated rings. The van der Waals surface area contributed by atoms with E-state index in [0.29, 0.717) is 18.7 Å². The van der Waals surface area contributed by atoms with Gasteiger partial charge in [0.05, 0.1) is 18.4 Å². The van der Waals surface area contributed by atoms with Crippen molar-refractivity contribution in [1.82, 2.24) is 5.32 Å². The first kappa shape index (κ1) is 12.8. The first-order chi connectivity index (χ1) is 8.58. The van der Waals surface area contributed by atoms with Crippen LogP contribution in [0.15, 0.2) is 47.1 Å². The Bertz CT molecular complexity index is 477. The summed E-state index contributed by atoms with van der Waals surface area (Å²) in [6.45, 7) is 2.60. The normalized spacial score (nSPS) is 14.4. The van der Waals surface area contributed by atoms with E-state index in [2.05, 4.69) is 5.32 Å². The fourth-order valence-corrected chi connectivity index (χ4v) is 1.75. The minimum atomic E-state index is -1.04. The zero-order chi connectivity index (χ0) is 13.0. The monoisotopic (exact) mass is 249 g/mol. The Balaban J connectivity index is 1.92. The number of aliphatic hydroxyl groups is 1. The standard InChI is InChI=1S/C14H16FNO2/c1-14(17,11-4-6-12(15)7-5-11)10-16-9-13-3-2-8-18-13/h2-8,16-17H,9-10H2,1H3. The number of benzene rings is 1. The number of rotatable bonds is 5. The van der Waals surface area contributed by atoms with Crippen molar-refractivity contribution in [3.63, 3.8) is 0 Å². The molecule has 96 valence electrons. The maximum absolute atomic E-state index is 12.8. The van der Waals surface area contributed by atoms with Crippen molar-refractivity contribution >= 4 is 0 Å². The molecule has 0 saturated carbocycles. The van der Waals surface area contributed by atoms with Gasteiger partial charge >= 0.3 is 0 Å². The molecule has 0 aliphatic heterocycles. The van der Waals surface area contributed by atoms with Crippen molar-refractivity contribution in [3.05, 3.63) is 59.8 Å². The van der Waals surface area contributed by atoms with Crippen LogP contribution in [0.3, 0.4) is 0 Å². The van der Waals surface area contributed by atoms with E-state index in [1.165, 1.54) is 12.1 Å². The molecule has 2 rings (SSSR count). The molecule has 0 aliphatic rings. The summed E-state index contributed by atoms with van der Waals surface area (Å²) in [6.07, 6.45) is 1.61. The molecule has 1 aromatic heterocycles. The Morgan fingerprint density at radius 2 is 2.00 bits per heavy atom. The Labute approximate surface area is 105 Å². The summed E-state index contributed by atoms with van der Waals surface area (Å²) in [5.41, 5.74) is -0.365. The quantitative estimate of drug-likeness (QED) is 0.855. The highest BCUT2D eigenvalue weighted by atomic mass is 19.1. The number of hydrogen-bond donors (Lipinski definition) is 2. The molecule has 2 aromatic rings. The second kappa shape index (κ2) is 5.33. The zero-order valence-electron chi connectivity index (χ0n) is 10.2. The fraction of sp³-hybridized carbons (Fsp3) is 0.286. The van der Waals surface area contributed by atoms with E-state index < -0.39 is 5.60 Å². The molecule has 18 heavy (non-hydrogen) atoms. The molecule has 1 atom stereocenters. The Kier molecular flexibility index (Phi) is 3.79. The van der Waals surface area contributed by atoms with Gasteiger partial charge in [-0.25, -0.2) is 4.39 Å². The Hall–Kier alpha value is -1.65.